The van der Waals surface area contributed by atoms with Gasteiger partial charge in [0.15, 0.2) is 5.96 Å². The molecule has 1 atom stereocenters. The SMILES string of the molecule is CCNC(=NCC1(C)CCCO1)NCCCOCC1CCOCC1.I. The minimum absolute atomic E-state index is 0. The van der Waals surface area contributed by atoms with Crippen molar-refractivity contribution >= 4 is 29.9 Å². The van der Waals surface area contributed by atoms with Crippen molar-refractivity contribution in [3.8, 4) is 0 Å². The molecule has 2 rings (SSSR count). The van der Waals surface area contributed by atoms with E-state index in [-0.39, 0.29) is 29.6 Å². The molecule has 6 nitrogen and oxygen atoms in total. The van der Waals surface area contributed by atoms with Crippen LogP contribution in [-0.4, -0.2) is 64.2 Å². The molecule has 0 aliphatic carbocycles. The first-order valence-corrected chi connectivity index (χ1v) is 9.53. The minimum Gasteiger partial charge on any atom is -0.381 e. The summed E-state index contributed by atoms with van der Waals surface area (Å²) in [7, 11) is 0. The number of guanidine groups is 1. The summed E-state index contributed by atoms with van der Waals surface area (Å²) in [5, 5.41) is 6.68. The van der Waals surface area contributed by atoms with Gasteiger partial charge in [-0.25, -0.2) is 0 Å². The summed E-state index contributed by atoms with van der Waals surface area (Å²) in [6.45, 7) is 11.0. The highest BCUT2D eigenvalue weighted by Crippen LogP contribution is 2.24. The van der Waals surface area contributed by atoms with E-state index in [2.05, 4.69) is 29.5 Å². The summed E-state index contributed by atoms with van der Waals surface area (Å²) < 4.78 is 17.0. The Balaban J connectivity index is 0.00000312. The topological polar surface area (TPSA) is 64.1 Å². The number of rotatable bonds is 9. The van der Waals surface area contributed by atoms with E-state index in [9.17, 15) is 0 Å². The van der Waals surface area contributed by atoms with Gasteiger partial charge < -0.3 is 24.8 Å². The molecule has 7 heteroatoms. The number of ether oxygens (including phenoxy) is 3. The molecule has 0 aromatic rings. The first-order valence-electron chi connectivity index (χ1n) is 9.53. The second-order valence-corrected chi connectivity index (χ2v) is 7.01. The third kappa shape index (κ3) is 9.40. The number of halogens is 1. The summed E-state index contributed by atoms with van der Waals surface area (Å²) in [5.41, 5.74) is -0.0881. The summed E-state index contributed by atoms with van der Waals surface area (Å²) >= 11 is 0. The molecular formula is C18H36IN3O3. The molecule has 25 heavy (non-hydrogen) atoms. The van der Waals surface area contributed by atoms with Crippen molar-refractivity contribution in [1.29, 1.82) is 0 Å². The second-order valence-electron chi connectivity index (χ2n) is 7.01. The fourth-order valence-electron chi connectivity index (χ4n) is 3.09. The summed E-state index contributed by atoms with van der Waals surface area (Å²) in [4.78, 5) is 4.67. The van der Waals surface area contributed by atoms with Gasteiger partial charge in [0.25, 0.3) is 0 Å². The van der Waals surface area contributed by atoms with Crippen LogP contribution in [0.5, 0.6) is 0 Å². The van der Waals surface area contributed by atoms with Crippen molar-refractivity contribution in [3.05, 3.63) is 0 Å². The zero-order valence-corrected chi connectivity index (χ0v) is 18.2. The van der Waals surface area contributed by atoms with E-state index < -0.39 is 0 Å². The van der Waals surface area contributed by atoms with Crippen molar-refractivity contribution in [2.75, 3.05) is 52.7 Å². The highest BCUT2D eigenvalue weighted by molar-refractivity contribution is 14.0. The predicted molar refractivity (Wildman–Crippen MR) is 112 cm³/mol. The van der Waals surface area contributed by atoms with Crippen molar-refractivity contribution in [2.24, 2.45) is 10.9 Å². The molecule has 1 unspecified atom stereocenters. The van der Waals surface area contributed by atoms with Crippen molar-refractivity contribution in [3.63, 3.8) is 0 Å². The maximum Gasteiger partial charge on any atom is 0.191 e. The Morgan fingerprint density at radius 2 is 2.04 bits per heavy atom. The van der Waals surface area contributed by atoms with Gasteiger partial charge in [0.2, 0.25) is 0 Å². The van der Waals surface area contributed by atoms with Gasteiger partial charge in [-0.1, -0.05) is 0 Å². The van der Waals surface area contributed by atoms with E-state index in [0.29, 0.717) is 12.5 Å². The third-order valence-corrected chi connectivity index (χ3v) is 4.67. The Hall–Kier alpha value is -0.120. The van der Waals surface area contributed by atoms with Crippen LogP contribution in [0.15, 0.2) is 4.99 Å². The van der Waals surface area contributed by atoms with Crippen molar-refractivity contribution in [2.45, 2.75) is 51.6 Å². The molecule has 2 aliphatic heterocycles. The lowest BCUT2D eigenvalue weighted by Gasteiger charge is -2.22. The second kappa shape index (κ2) is 13.1. The van der Waals surface area contributed by atoms with Crippen molar-refractivity contribution in [1.82, 2.24) is 10.6 Å². The normalized spacial score (nSPS) is 24.8. The van der Waals surface area contributed by atoms with Crippen LogP contribution >= 0.6 is 24.0 Å². The maximum absolute atomic E-state index is 5.80. The molecule has 0 saturated carbocycles. The van der Waals surface area contributed by atoms with Crippen LogP contribution in [0.3, 0.4) is 0 Å². The first kappa shape index (κ1) is 22.9. The molecule has 0 amide bonds. The Morgan fingerprint density at radius 3 is 2.72 bits per heavy atom. The Labute approximate surface area is 169 Å². The van der Waals surface area contributed by atoms with E-state index in [0.717, 1.165) is 84.2 Å². The fourth-order valence-corrected chi connectivity index (χ4v) is 3.09. The van der Waals surface area contributed by atoms with Crippen LogP contribution in [-0.2, 0) is 14.2 Å². The lowest BCUT2D eigenvalue weighted by molar-refractivity contribution is 0.0203. The van der Waals surface area contributed by atoms with E-state index in [1.54, 1.807) is 0 Å². The molecule has 0 radical (unpaired) electrons. The predicted octanol–water partition coefficient (Wildman–Crippen LogP) is 2.56. The molecule has 0 aromatic carbocycles. The molecule has 2 heterocycles. The van der Waals surface area contributed by atoms with Gasteiger partial charge in [-0.05, 0) is 51.9 Å². The molecule has 2 saturated heterocycles. The Bertz CT molecular complexity index is 371. The standard InChI is InChI=1S/C18H35N3O3.HI/c1-3-19-17(21-15-18(2)8-4-11-24-18)20-9-5-10-23-14-16-6-12-22-13-7-16;/h16H,3-15H2,1-2H3,(H2,19,20,21);1H. The van der Waals surface area contributed by atoms with Crippen LogP contribution in [0.25, 0.3) is 0 Å². The summed E-state index contributed by atoms with van der Waals surface area (Å²) in [5.74, 6) is 1.55. The smallest absolute Gasteiger partial charge is 0.191 e. The zero-order chi connectivity index (χ0) is 17.1. The quantitative estimate of drug-likeness (QED) is 0.235. The van der Waals surface area contributed by atoms with Crippen LogP contribution in [0.1, 0.15) is 46.0 Å². The fraction of sp³-hybridized carbons (Fsp3) is 0.944. The van der Waals surface area contributed by atoms with E-state index in [1.165, 1.54) is 0 Å². The monoisotopic (exact) mass is 469 g/mol. The number of nitrogens with zero attached hydrogens (tertiary/aromatic N) is 1. The molecule has 2 N–H and O–H groups in total. The summed E-state index contributed by atoms with van der Waals surface area (Å²) in [6.07, 6.45) is 5.49. The molecule has 0 bridgehead atoms. The van der Waals surface area contributed by atoms with Gasteiger partial charge in [0.1, 0.15) is 0 Å². The molecular weight excluding hydrogens is 433 g/mol. The Kier molecular flexibility index (Phi) is 12.0. The maximum atomic E-state index is 5.80. The van der Waals surface area contributed by atoms with E-state index in [1.807, 2.05) is 0 Å². The zero-order valence-electron chi connectivity index (χ0n) is 15.8. The van der Waals surface area contributed by atoms with Crippen LogP contribution in [0.2, 0.25) is 0 Å². The van der Waals surface area contributed by atoms with Crippen LogP contribution < -0.4 is 10.6 Å². The average Bonchev–Trinajstić information content (AvgIpc) is 3.03. The van der Waals surface area contributed by atoms with Crippen molar-refractivity contribution < 1.29 is 14.2 Å². The third-order valence-electron chi connectivity index (χ3n) is 4.67. The molecule has 2 fully saturated rings. The number of nitrogens with one attached hydrogen (secondary N) is 2. The van der Waals surface area contributed by atoms with Gasteiger partial charge in [-0.15, -0.1) is 24.0 Å². The number of aliphatic imine (C=N–C) groups is 1. The molecule has 0 spiro atoms. The summed E-state index contributed by atoms with van der Waals surface area (Å²) in [6, 6.07) is 0. The lowest BCUT2D eigenvalue weighted by Crippen LogP contribution is -2.39. The van der Waals surface area contributed by atoms with Crippen LogP contribution in [0, 0.1) is 5.92 Å². The van der Waals surface area contributed by atoms with Gasteiger partial charge in [0, 0.05) is 46.1 Å². The molecule has 148 valence electrons. The highest BCUT2D eigenvalue weighted by atomic mass is 127. The number of hydrogen-bond donors (Lipinski definition) is 2. The highest BCUT2D eigenvalue weighted by Gasteiger charge is 2.29. The first-order chi connectivity index (χ1) is 11.7. The largest absolute Gasteiger partial charge is 0.381 e. The molecule has 2 aliphatic rings. The van der Waals surface area contributed by atoms with Gasteiger partial charge in [-0.2, -0.15) is 0 Å². The minimum atomic E-state index is -0.0881. The van der Waals surface area contributed by atoms with Crippen LogP contribution in [0.4, 0.5) is 0 Å². The van der Waals surface area contributed by atoms with E-state index >= 15 is 0 Å². The average molecular weight is 469 g/mol. The van der Waals surface area contributed by atoms with Gasteiger partial charge in [-0.3, -0.25) is 4.99 Å². The van der Waals surface area contributed by atoms with Gasteiger partial charge >= 0.3 is 0 Å². The Morgan fingerprint density at radius 1 is 1.24 bits per heavy atom. The lowest BCUT2D eigenvalue weighted by atomic mass is 10.0. The molecule has 0 aromatic heterocycles. The van der Waals surface area contributed by atoms with E-state index in [4.69, 9.17) is 14.2 Å². The van der Waals surface area contributed by atoms with Gasteiger partial charge in [0.05, 0.1) is 12.1 Å². The number of hydrogen-bond acceptors (Lipinski definition) is 4.